The number of carbonyl (C=O) groups is 1. The van der Waals surface area contributed by atoms with E-state index in [0.717, 1.165) is 12.1 Å². The van der Waals surface area contributed by atoms with E-state index in [4.69, 9.17) is 23.2 Å². The molecule has 3 aromatic carbocycles. The normalized spacial score (nSPS) is 12.0. The summed E-state index contributed by atoms with van der Waals surface area (Å²) in [6, 6.07) is 14.7. The van der Waals surface area contributed by atoms with Crippen molar-refractivity contribution >= 4 is 56.6 Å². The van der Waals surface area contributed by atoms with Crippen LogP contribution in [-0.4, -0.2) is 14.3 Å². The molecule has 5 nitrogen and oxygen atoms in total. The number of carbonyl (C=O) groups excluding carboxylic acids is 1. The Balaban J connectivity index is 1.70. The maximum absolute atomic E-state index is 13.0. The molecule has 0 aromatic heterocycles. The van der Waals surface area contributed by atoms with Gasteiger partial charge in [0.15, 0.2) is 0 Å². The smallest absolute Gasteiger partial charge is 0.323 e. The number of rotatable bonds is 6. The molecule has 0 saturated carbocycles. The highest BCUT2D eigenvalue weighted by Gasteiger charge is 2.33. The zero-order chi connectivity index (χ0) is 24.2. The maximum atomic E-state index is 13.0. The van der Waals surface area contributed by atoms with Gasteiger partial charge in [0.1, 0.15) is 0 Å². The van der Waals surface area contributed by atoms with Gasteiger partial charge >= 0.3 is 6.18 Å². The van der Waals surface area contributed by atoms with Gasteiger partial charge in [-0.25, -0.2) is 8.42 Å². The van der Waals surface area contributed by atoms with Crippen LogP contribution in [0.15, 0.2) is 77.7 Å². The molecule has 0 aliphatic carbocycles. The Hall–Kier alpha value is -3.01. The molecular formula is C22H15Cl2F3N2O3S. The van der Waals surface area contributed by atoms with Crippen LogP contribution in [0.3, 0.4) is 0 Å². The van der Waals surface area contributed by atoms with Gasteiger partial charge in [-0.2, -0.15) is 13.2 Å². The van der Waals surface area contributed by atoms with E-state index in [2.05, 4.69) is 10.0 Å². The van der Waals surface area contributed by atoms with Gasteiger partial charge in [-0.1, -0.05) is 41.4 Å². The molecule has 0 atom stereocenters. The van der Waals surface area contributed by atoms with Crippen LogP contribution >= 0.6 is 23.2 Å². The van der Waals surface area contributed by atoms with Crippen LogP contribution in [0.25, 0.3) is 6.08 Å². The summed E-state index contributed by atoms with van der Waals surface area (Å²) in [5, 5.41) is 2.50. The Bertz CT molecular complexity index is 1310. The molecule has 0 aliphatic heterocycles. The fourth-order valence-corrected chi connectivity index (χ4v) is 4.17. The predicted molar refractivity (Wildman–Crippen MR) is 123 cm³/mol. The lowest BCUT2D eigenvalue weighted by Crippen LogP contribution is -2.14. The SMILES string of the molecule is O=C(/C=C/c1ccccc1Cl)Nc1ccc(S(=O)(=O)Nc2ccc(Cl)c(C(F)(F)F)c2)cc1. The average molecular weight is 515 g/mol. The van der Waals surface area contributed by atoms with Crippen LogP contribution in [0, 0.1) is 0 Å². The number of halogens is 5. The summed E-state index contributed by atoms with van der Waals surface area (Å²) in [4.78, 5) is 11.9. The zero-order valence-corrected chi connectivity index (χ0v) is 18.9. The van der Waals surface area contributed by atoms with Gasteiger partial charge in [0, 0.05) is 22.5 Å². The number of sulfonamides is 1. The quantitative estimate of drug-likeness (QED) is 0.370. The Morgan fingerprint density at radius 3 is 2.15 bits per heavy atom. The van der Waals surface area contributed by atoms with Crippen molar-refractivity contribution in [2.45, 2.75) is 11.1 Å². The second kappa shape index (κ2) is 9.86. The highest BCUT2D eigenvalue weighted by molar-refractivity contribution is 7.92. The summed E-state index contributed by atoms with van der Waals surface area (Å²) in [6.07, 6.45) is -1.94. The van der Waals surface area contributed by atoms with Gasteiger partial charge in [-0.15, -0.1) is 0 Å². The van der Waals surface area contributed by atoms with E-state index < -0.39 is 32.7 Å². The molecule has 2 N–H and O–H groups in total. The summed E-state index contributed by atoms with van der Waals surface area (Å²) >= 11 is 11.6. The van der Waals surface area contributed by atoms with Gasteiger partial charge in [-0.05, 0) is 60.2 Å². The minimum absolute atomic E-state index is 0.212. The molecule has 0 aliphatic rings. The van der Waals surface area contributed by atoms with Crippen molar-refractivity contribution in [3.8, 4) is 0 Å². The fraction of sp³-hybridized carbons (Fsp3) is 0.0455. The molecule has 0 unspecified atom stereocenters. The Morgan fingerprint density at radius 1 is 0.879 bits per heavy atom. The number of hydrogen-bond acceptors (Lipinski definition) is 3. The first-order valence-corrected chi connectivity index (χ1v) is 11.4. The summed E-state index contributed by atoms with van der Waals surface area (Å²) in [6.45, 7) is 0. The monoisotopic (exact) mass is 514 g/mol. The van der Waals surface area contributed by atoms with E-state index in [1.807, 2.05) is 0 Å². The van der Waals surface area contributed by atoms with E-state index in [0.29, 0.717) is 22.3 Å². The number of alkyl halides is 3. The Morgan fingerprint density at radius 2 is 1.52 bits per heavy atom. The Labute approximate surface area is 197 Å². The van der Waals surface area contributed by atoms with Crippen LogP contribution in [0.4, 0.5) is 24.5 Å². The summed E-state index contributed by atoms with van der Waals surface area (Å²) in [5.41, 5.74) is -0.493. The number of hydrogen-bond donors (Lipinski definition) is 2. The van der Waals surface area contributed by atoms with Gasteiger partial charge in [0.25, 0.3) is 10.0 Å². The van der Waals surface area contributed by atoms with E-state index in [1.54, 1.807) is 24.3 Å². The van der Waals surface area contributed by atoms with Gasteiger partial charge in [0.05, 0.1) is 15.5 Å². The van der Waals surface area contributed by atoms with Gasteiger partial charge in [-0.3, -0.25) is 9.52 Å². The van der Waals surface area contributed by atoms with Crippen LogP contribution in [0.2, 0.25) is 10.0 Å². The molecular weight excluding hydrogens is 500 g/mol. The van der Waals surface area contributed by atoms with Crippen molar-refractivity contribution in [2.75, 3.05) is 10.0 Å². The third-order valence-electron chi connectivity index (χ3n) is 4.28. The molecule has 3 aromatic rings. The third-order valence-corrected chi connectivity index (χ3v) is 6.35. The first kappa shape index (κ1) is 24.6. The number of amides is 1. The summed E-state index contributed by atoms with van der Waals surface area (Å²) in [7, 11) is -4.19. The molecule has 0 spiro atoms. The Kier molecular flexibility index (Phi) is 7.36. The lowest BCUT2D eigenvalue weighted by Gasteiger charge is -2.13. The molecule has 0 fully saturated rings. The van der Waals surface area contributed by atoms with E-state index in [1.165, 1.54) is 36.4 Å². The second-order valence-corrected chi connectivity index (χ2v) is 9.16. The minimum atomic E-state index is -4.74. The maximum Gasteiger partial charge on any atom is 0.417 e. The standard InChI is InChI=1S/C22H15Cl2F3N2O3S/c23-19-4-2-1-3-14(19)5-12-21(30)28-15-6-9-17(10-7-15)33(31,32)29-16-8-11-20(24)18(13-16)22(25,26)27/h1-13,29H,(H,28,30)/b12-5+. The molecule has 172 valence electrons. The van der Waals surface area contributed by atoms with Crippen LogP contribution < -0.4 is 10.0 Å². The van der Waals surface area contributed by atoms with E-state index in [-0.39, 0.29) is 10.6 Å². The summed E-state index contributed by atoms with van der Waals surface area (Å²) in [5.74, 6) is -0.468. The van der Waals surface area contributed by atoms with Crippen LogP contribution in [0.1, 0.15) is 11.1 Å². The van der Waals surface area contributed by atoms with Crippen molar-refractivity contribution in [1.29, 1.82) is 0 Å². The van der Waals surface area contributed by atoms with Crippen molar-refractivity contribution < 1.29 is 26.4 Å². The molecule has 0 radical (unpaired) electrons. The van der Waals surface area contributed by atoms with Crippen molar-refractivity contribution in [1.82, 2.24) is 0 Å². The van der Waals surface area contributed by atoms with E-state index >= 15 is 0 Å². The largest absolute Gasteiger partial charge is 0.417 e. The number of anilines is 2. The molecule has 3 rings (SSSR count). The lowest BCUT2D eigenvalue weighted by atomic mass is 10.2. The fourth-order valence-electron chi connectivity index (χ4n) is 2.70. The molecule has 33 heavy (non-hydrogen) atoms. The number of nitrogens with one attached hydrogen (secondary N) is 2. The second-order valence-electron chi connectivity index (χ2n) is 6.67. The van der Waals surface area contributed by atoms with E-state index in [9.17, 15) is 26.4 Å². The topological polar surface area (TPSA) is 75.3 Å². The first-order chi connectivity index (χ1) is 15.5. The average Bonchev–Trinajstić information content (AvgIpc) is 2.74. The lowest BCUT2D eigenvalue weighted by molar-refractivity contribution is -0.137. The third kappa shape index (κ3) is 6.50. The molecule has 0 saturated heterocycles. The number of benzene rings is 3. The van der Waals surface area contributed by atoms with Crippen molar-refractivity contribution in [3.05, 3.63) is 94.0 Å². The van der Waals surface area contributed by atoms with Crippen LogP contribution in [0.5, 0.6) is 0 Å². The van der Waals surface area contributed by atoms with Crippen LogP contribution in [-0.2, 0) is 21.0 Å². The minimum Gasteiger partial charge on any atom is -0.323 e. The van der Waals surface area contributed by atoms with Crippen molar-refractivity contribution in [3.63, 3.8) is 0 Å². The first-order valence-electron chi connectivity index (χ1n) is 9.19. The highest BCUT2D eigenvalue weighted by atomic mass is 35.5. The van der Waals surface area contributed by atoms with Gasteiger partial charge < -0.3 is 5.32 Å². The molecule has 0 heterocycles. The molecule has 0 bridgehead atoms. The van der Waals surface area contributed by atoms with Gasteiger partial charge in [0.2, 0.25) is 5.91 Å². The highest BCUT2D eigenvalue weighted by Crippen LogP contribution is 2.36. The molecule has 1 amide bonds. The molecule has 11 heteroatoms. The van der Waals surface area contributed by atoms with Crippen molar-refractivity contribution in [2.24, 2.45) is 0 Å². The zero-order valence-electron chi connectivity index (χ0n) is 16.5. The predicted octanol–water partition coefficient (Wildman–Crippen LogP) is 6.46. The summed E-state index contributed by atoms with van der Waals surface area (Å²) < 4.78 is 66.1.